The van der Waals surface area contributed by atoms with Crippen LogP contribution in [0.15, 0.2) is 55.9 Å². The van der Waals surface area contributed by atoms with Crippen LogP contribution in [0.2, 0.25) is 0 Å². The SMILES string of the molecule is CCOC(=O)C1=C(C)N=c2s/c(=C/c3cc([N+](=O)[O-])ccc3O)c(=O)n2[C@H]1c1cc(OC)c(OC)cc1Br. The van der Waals surface area contributed by atoms with Crippen LogP contribution in [0, 0.1) is 10.1 Å². The van der Waals surface area contributed by atoms with E-state index in [9.17, 15) is 24.8 Å². The Bertz CT molecular complexity index is 1670. The third-order valence-electron chi connectivity index (χ3n) is 5.82. The van der Waals surface area contributed by atoms with Gasteiger partial charge in [0, 0.05) is 22.2 Å². The number of esters is 1. The van der Waals surface area contributed by atoms with Crippen LogP contribution in [0.5, 0.6) is 17.2 Å². The van der Waals surface area contributed by atoms with E-state index in [1.54, 1.807) is 26.0 Å². The van der Waals surface area contributed by atoms with Crippen molar-refractivity contribution in [2.45, 2.75) is 19.9 Å². The molecule has 0 saturated carbocycles. The second-order valence-corrected chi connectivity index (χ2v) is 9.89. The van der Waals surface area contributed by atoms with Gasteiger partial charge in [-0.15, -0.1) is 0 Å². The molecule has 0 amide bonds. The number of ether oxygens (including phenoxy) is 3. The van der Waals surface area contributed by atoms with Crippen LogP contribution < -0.4 is 24.4 Å². The molecule has 0 aliphatic carbocycles. The first kappa shape index (κ1) is 27.1. The third kappa shape index (κ3) is 4.82. The van der Waals surface area contributed by atoms with Crippen LogP contribution in [0.4, 0.5) is 5.69 Å². The number of aromatic hydroxyl groups is 1. The predicted molar refractivity (Wildman–Crippen MR) is 142 cm³/mol. The number of thiazole rings is 1. The fourth-order valence-corrected chi connectivity index (χ4v) is 5.65. The first-order valence-electron chi connectivity index (χ1n) is 11.2. The minimum atomic E-state index is -0.944. The van der Waals surface area contributed by atoms with Crippen LogP contribution in [-0.4, -0.2) is 41.4 Å². The van der Waals surface area contributed by atoms with Crippen molar-refractivity contribution in [3.8, 4) is 17.2 Å². The fraction of sp³-hybridized carbons (Fsp3) is 0.240. The number of non-ortho nitro benzene ring substituents is 1. The molecular formula is C25H22BrN3O8S. The van der Waals surface area contributed by atoms with E-state index in [0.29, 0.717) is 32.0 Å². The number of hydrogen-bond acceptors (Lipinski definition) is 10. The molecule has 2 aromatic carbocycles. The predicted octanol–water partition coefficient (Wildman–Crippen LogP) is 3.19. The first-order valence-corrected chi connectivity index (χ1v) is 12.8. The maximum absolute atomic E-state index is 13.8. The van der Waals surface area contributed by atoms with Gasteiger partial charge < -0.3 is 19.3 Å². The van der Waals surface area contributed by atoms with Crippen molar-refractivity contribution in [3.63, 3.8) is 0 Å². The Kier molecular flexibility index (Phi) is 7.69. The lowest BCUT2D eigenvalue weighted by atomic mass is 9.95. The lowest BCUT2D eigenvalue weighted by molar-refractivity contribution is -0.384. The number of rotatable bonds is 7. The van der Waals surface area contributed by atoms with E-state index in [1.807, 2.05) is 0 Å². The highest BCUT2D eigenvalue weighted by Crippen LogP contribution is 2.40. The number of allylic oxidation sites excluding steroid dienone is 1. The summed E-state index contributed by atoms with van der Waals surface area (Å²) in [4.78, 5) is 42.3. The van der Waals surface area contributed by atoms with E-state index >= 15 is 0 Å². The molecule has 0 spiro atoms. The van der Waals surface area contributed by atoms with Crippen LogP contribution in [0.3, 0.4) is 0 Å². The van der Waals surface area contributed by atoms with Crippen molar-refractivity contribution < 1.29 is 29.0 Å². The molecule has 38 heavy (non-hydrogen) atoms. The number of nitro benzene ring substituents is 1. The summed E-state index contributed by atoms with van der Waals surface area (Å²) < 4.78 is 18.2. The van der Waals surface area contributed by atoms with E-state index in [1.165, 1.54) is 37.0 Å². The van der Waals surface area contributed by atoms with Crippen LogP contribution in [0.25, 0.3) is 6.08 Å². The molecule has 1 aromatic heterocycles. The molecule has 3 aromatic rings. The number of hydrogen-bond donors (Lipinski definition) is 1. The molecule has 13 heteroatoms. The normalized spacial score (nSPS) is 15.1. The second-order valence-electron chi connectivity index (χ2n) is 8.03. The molecule has 1 N–H and O–H groups in total. The van der Waals surface area contributed by atoms with Gasteiger partial charge in [0.15, 0.2) is 16.3 Å². The highest BCUT2D eigenvalue weighted by molar-refractivity contribution is 9.10. The van der Waals surface area contributed by atoms with Crippen molar-refractivity contribution in [1.29, 1.82) is 0 Å². The number of nitrogens with zero attached hydrogens (tertiary/aromatic N) is 3. The van der Waals surface area contributed by atoms with E-state index in [2.05, 4.69) is 20.9 Å². The molecule has 0 radical (unpaired) electrons. The van der Waals surface area contributed by atoms with Crippen LogP contribution in [-0.2, 0) is 9.53 Å². The van der Waals surface area contributed by atoms with E-state index in [4.69, 9.17) is 14.2 Å². The maximum Gasteiger partial charge on any atom is 0.338 e. The van der Waals surface area contributed by atoms with Crippen molar-refractivity contribution in [2.24, 2.45) is 4.99 Å². The number of benzene rings is 2. The summed E-state index contributed by atoms with van der Waals surface area (Å²) in [5, 5.41) is 21.5. The summed E-state index contributed by atoms with van der Waals surface area (Å²) in [6.45, 7) is 3.44. The number of carbonyl (C=O) groups excluding carboxylic acids is 1. The summed E-state index contributed by atoms with van der Waals surface area (Å²) in [5.41, 5.74) is 0.383. The number of methoxy groups -OCH3 is 2. The quantitative estimate of drug-likeness (QED) is 0.246. The van der Waals surface area contributed by atoms with Gasteiger partial charge in [-0.25, -0.2) is 9.79 Å². The standard InChI is InChI=1S/C25H22BrN3O8S/c1-5-37-24(32)21-12(2)27-25-28(22(21)15-10-18(35-3)19(36-4)11-16(15)26)23(31)20(38-25)9-13-8-14(29(33)34)6-7-17(13)30/h6-11,22,30H,5H2,1-4H3/b20-9+/t22-/m0/s1. The van der Waals surface area contributed by atoms with E-state index in [0.717, 1.165) is 17.4 Å². The van der Waals surface area contributed by atoms with Gasteiger partial charge >= 0.3 is 5.97 Å². The van der Waals surface area contributed by atoms with Gasteiger partial charge in [-0.05, 0) is 43.7 Å². The Morgan fingerprint density at radius 3 is 2.58 bits per heavy atom. The molecule has 0 bridgehead atoms. The van der Waals surface area contributed by atoms with Crippen LogP contribution in [0.1, 0.15) is 31.0 Å². The molecule has 0 saturated heterocycles. The molecule has 4 rings (SSSR count). The number of carbonyl (C=O) groups is 1. The molecule has 1 aliphatic rings. The van der Waals surface area contributed by atoms with Gasteiger partial charge in [0.05, 0.1) is 47.6 Å². The molecule has 198 valence electrons. The highest BCUT2D eigenvalue weighted by Gasteiger charge is 2.35. The van der Waals surface area contributed by atoms with Crippen molar-refractivity contribution in [3.05, 3.63) is 87.0 Å². The number of halogens is 1. The first-order chi connectivity index (χ1) is 18.1. The van der Waals surface area contributed by atoms with Crippen molar-refractivity contribution >= 4 is 45.0 Å². The largest absolute Gasteiger partial charge is 0.507 e. The Morgan fingerprint density at radius 1 is 1.26 bits per heavy atom. The number of aromatic nitrogens is 1. The van der Waals surface area contributed by atoms with Gasteiger partial charge in [-0.2, -0.15) is 0 Å². The topological polar surface area (TPSA) is 142 Å². The zero-order valence-electron chi connectivity index (χ0n) is 20.7. The molecule has 0 fully saturated rings. The lowest BCUT2D eigenvalue weighted by Crippen LogP contribution is -2.40. The van der Waals surface area contributed by atoms with Crippen LogP contribution >= 0.6 is 27.3 Å². The Balaban J connectivity index is 2.02. The Labute approximate surface area is 228 Å². The minimum Gasteiger partial charge on any atom is -0.507 e. The lowest BCUT2D eigenvalue weighted by Gasteiger charge is -2.26. The number of fused-ring (bicyclic) bond motifs is 1. The third-order valence-corrected chi connectivity index (χ3v) is 7.49. The number of nitro groups is 1. The molecule has 2 heterocycles. The monoisotopic (exact) mass is 603 g/mol. The average Bonchev–Trinajstić information content (AvgIpc) is 3.18. The van der Waals surface area contributed by atoms with Crippen molar-refractivity contribution in [2.75, 3.05) is 20.8 Å². The number of phenolic OH excluding ortho intramolecular Hbond substituents is 1. The van der Waals surface area contributed by atoms with E-state index in [-0.39, 0.29) is 33.7 Å². The molecule has 1 atom stereocenters. The van der Waals surface area contributed by atoms with Gasteiger partial charge in [0.25, 0.3) is 11.2 Å². The smallest absolute Gasteiger partial charge is 0.338 e. The molecule has 0 unspecified atom stereocenters. The number of phenols is 1. The van der Waals surface area contributed by atoms with Gasteiger partial charge in [-0.1, -0.05) is 27.3 Å². The second kappa shape index (κ2) is 10.8. The zero-order valence-corrected chi connectivity index (χ0v) is 23.1. The summed E-state index contributed by atoms with van der Waals surface area (Å²) >= 11 is 4.56. The van der Waals surface area contributed by atoms with Gasteiger partial charge in [-0.3, -0.25) is 19.5 Å². The average molecular weight is 604 g/mol. The summed E-state index contributed by atoms with van der Waals surface area (Å²) in [6.07, 6.45) is 1.36. The summed E-state index contributed by atoms with van der Waals surface area (Å²) in [6, 6.07) is 5.91. The fourth-order valence-electron chi connectivity index (χ4n) is 4.08. The minimum absolute atomic E-state index is 0.0923. The molecule has 1 aliphatic heterocycles. The molecule has 11 nitrogen and oxygen atoms in total. The zero-order chi connectivity index (χ0) is 27.7. The molecular weight excluding hydrogens is 582 g/mol. The van der Waals surface area contributed by atoms with Crippen molar-refractivity contribution in [1.82, 2.24) is 4.57 Å². The highest BCUT2D eigenvalue weighted by atomic mass is 79.9. The Morgan fingerprint density at radius 2 is 1.95 bits per heavy atom. The van der Waals surface area contributed by atoms with E-state index < -0.39 is 22.5 Å². The Hall–Kier alpha value is -3.97. The summed E-state index contributed by atoms with van der Waals surface area (Å²) in [5.74, 6) is -0.0441. The maximum atomic E-state index is 13.8. The van der Waals surface area contributed by atoms with Gasteiger partial charge in [0.2, 0.25) is 0 Å². The van der Waals surface area contributed by atoms with Gasteiger partial charge in [0.1, 0.15) is 5.75 Å². The summed E-state index contributed by atoms with van der Waals surface area (Å²) in [7, 11) is 2.96.